The van der Waals surface area contributed by atoms with Crippen molar-refractivity contribution in [1.29, 1.82) is 0 Å². The normalized spacial score (nSPS) is 20.4. The molecule has 0 saturated heterocycles. The molecule has 1 saturated carbocycles. The third kappa shape index (κ3) is 3.55. The molecule has 0 heterocycles. The van der Waals surface area contributed by atoms with Crippen molar-refractivity contribution in [3.8, 4) is 0 Å². The Labute approximate surface area is 86.3 Å². The maximum atomic E-state index is 11.5. The van der Waals surface area contributed by atoms with Crippen molar-refractivity contribution in [3.63, 3.8) is 0 Å². The number of nitrogens with one attached hydrogen (secondary N) is 1. The van der Waals surface area contributed by atoms with Gasteiger partial charge in [0.2, 0.25) is 10.0 Å². The standard InChI is InChI=1S/C9H20N2O2S/c1-8(9-4-2-5-9)11-14(12,13)7-3-6-10/h8-9,11H,2-7,10H2,1H3. The molecule has 1 aliphatic carbocycles. The number of hydrogen-bond acceptors (Lipinski definition) is 3. The van der Waals surface area contributed by atoms with E-state index in [4.69, 9.17) is 5.73 Å². The van der Waals surface area contributed by atoms with E-state index in [0.29, 0.717) is 18.9 Å². The number of sulfonamides is 1. The van der Waals surface area contributed by atoms with Crippen LogP contribution in [0, 0.1) is 5.92 Å². The van der Waals surface area contributed by atoms with E-state index >= 15 is 0 Å². The van der Waals surface area contributed by atoms with Crippen LogP contribution in [0.15, 0.2) is 0 Å². The summed E-state index contributed by atoms with van der Waals surface area (Å²) in [5, 5.41) is 0. The highest BCUT2D eigenvalue weighted by Gasteiger charge is 2.26. The molecule has 1 unspecified atom stereocenters. The van der Waals surface area contributed by atoms with Gasteiger partial charge in [-0.25, -0.2) is 13.1 Å². The van der Waals surface area contributed by atoms with Crippen LogP contribution in [0.25, 0.3) is 0 Å². The summed E-state index contributed by atoms with van der Waals surface area (Å²) in [6, 6.07) is 0.0894. The van der Waals surface area contributed by atoms with Crippen LogP contribution in [-0.2, 0) is 10.0 Å². The smallest absolute Gasteiger partial charge is 0.211 e. The number of nitrogens with two attached hydrogens (primary N) is 1. The molecule has 4 nitrogen and oxygen atoms in total. The van der Waals surface area contributed by atoms with Gasteiger partial charge in [0, 0.05) is 6.04 Å². The summed E-state index contributed by atoms with van der Waals surface area (Å²) < 4.78 is 25.7. The van der Waals surface area contributed by atoms with Crippen LogP contribution in [0.5, 0.6) is 0 Å². The topological polar surface area (TPSA) is 72.2 Å². The molecule has 0 amide bonds. The number of rotatable bonds is 6. The summed E-state index contributed by atoms with van der Waals surface area (Å²) in [5.41, 5.74) is 5.27. The molecular weight excluding hydrogens is 200 g/mol. The van der Waals surface area contributed by atoms with Crippen LogP contribution in [-0.4, -0.2) is 26.8 Å². The highest BCUT2D eigenvalue weighted by molar-refractivity contribution is 7.89. The first-order chi connectivity index (χ1) is 6.55. The molecule has 0 aromatic heterocycles. The Morgan fingerprint density at radius 2 is 2.14 bits per heavy atom. The summed E-state index contributed by atoms with van der Waals surface area (Å²) in [4.78, 5) is 0. The summed E-state index contributed by atoms with van der Waals surface area (Å²) in [6.45, 7) is 2.38. The van der Waals surface area contributed by atoms with Gasteiger partial charge in [-0.15, -0.1) is 0 Å². The average Bonchev–Trinajstić information content (AvgIpc) is 1.96. The molecular formula is C9H20N2O2S. The molecule has 5 heteroatoms. The lowest BCUT2D eigenvalue weighted by Gasteiger charge is -2.31. The first kappa shape index (κ1) is 11.9. The van der Waals surface area contributed by atoms with Crippen molar-refractivity contribution in [2.24, 2.45) is 11.7 Å². The average molecular weight is 220 g/mol. The Bertz CT molecular complexity index is 260. The fourth-order valence-electron chi connectivity index (χ4n) is 1.65. The Hall–Kier alpha value is -0.130. The second kappa shape index (κ2) is 5.09. The predicted molar refractivity (Wildman–Crippen MR) is 57.4 cm³/mol. The van der Waals surface area contributed by atoms with Crippen molar-refractivity contribution in [2.75, 3.05) is 12.3 Å². The molecule has 0 aromatic carbocycles. The minimum absolute atomic E-state index is 0.0894. The Balaban J connectivity index is 2.33. The minimum atomic E-state index is -3.09. The van der Waals surface area contributed by atoms with Gasteiger partial charge in [0.15, 0.2) is 0 Å². The lowest BCUT2D eigenvalue weighted by molar-refractivity contribution is 0.260. The van der Waals surface area contributed by atoms with E-state index in [1.54, 1.807) is 0 Å². The van der Waals surface area contributed by atoms with Gasteiger partial charge < -0.3 is 5.73 Å². The summed E-state index contributed by atoms with van der Waals surface area (Å²) in [5.74, 6) is 0.697. The molecule has 0 spiro atoms. The Kier molecular flexibility index (Phi) is 4.34. The largest absolute Gasteiger partial charge is 0.330 e. The highest BCUT2D eigenvalue weighted by atomic mass is 32.2. The van der Waals surface area contributed by atoms with E-state index in [0.717, 1.165) is 12.8 Å². The molecule has 3 N–H and O–H groups in total. The Morgan fingerprint density at radius 3 is 2.57 bits per heavy atom. The fourth-order valence-corrected chi connectivity index (χ4v) is 3.08. The first-order valence-corrected chi connectivity index (χ1v) is 6.90. The highest BCUT2D eigenvalue weighted by Crippen LogP contribution is 2.29. The second-order valence-electron chi connectivity index (χ2n) is 4.06. The molecule has 0 radical (unpaired) electrons. The van der Waals surface area contributed by atoms with E-state index in [1.165, 1.54) is 6.42 Å². The van der Waals surface area contributed by atoms with Gasteiger partial charge in [-0.05, 0) is 38.6 Å². The molecule has 1 aliphatic rings. The SMILES string of the molecule is CC(NS(=O)(=O)CCCN)C1CCC1. The molecule has 0 bridgehead atoms. The second-order valence-corrected chi connectivity index (χ2v) is 5.93. The van der Waals surface area contributed by atoms with E-state index in [1.807, 2.05) is 6.92 Å². The van der Waals surface area contributed by atoms with Crippen LogP contribution in [0.1, 0.15) is 32.6 Å². The van der Waals surface area contributed by atoms with Crippen molar-refractivity contribution in [1.82, 2.24) is 4.72 Å². The van der Waals surface area contributed by atoms with Crippen molar-refractivity contribution < 1.29 is 8.42 Å². The summed E-state index contributed by atoms with van der Waals surface area (Å²) >= 11 is 0. The third-order valence-electron chi connectivity index (χ3n) is 2.84. The van der Waals surface area contributed by atoms with Gasteiger partial charge in [0.1, 0.15) is 0 Å². The van der Waals surface area contributed by atoms with Crippen LogP contribution < -0.4 is 10.5 Å². The quantitative estimate of drug-likeness (QED) is 0.682. The van der Waals surface area contributed by atoms with Crippen LogP contribution >= 0.6 is 0 Å². The van der Waals surface area contributed by atoms with Gasteiger partial charge in [0.05, 0.1) is 5.75 Å². The fraction of sp³-hybridized carbons (Fsp3) is 1.00. The van der Waals surface area contributed by atoms with E-state index in [2.05, 4.69) is 4.72 Å². The van der Waals surface area contributed by atoms with Crippen LogP contribution in [0.3, 0.4) is 0 Å². The molecule has 0 aromatic rings. The van der Waals surface area contributed by atoms with Gasteiger partial charge in [0.25, 0.3) is 0 Å². The summed E-state index contributed by atoms with van der Waals surface area (Å²) in [7, 11) is -3.09. The first-order valence-electron chi connectivity index (χ1n) is 5.25. The van der Waals surface area contributed by atoms with E-state index in [-0.39, 0.29) is 11.8 Å². The predicted octanol–water partition coefficient (Wildman–Crippen LogP) is 0.443. The third-order valence-corrected chi connectivity index (χ3v) is 4.40. The van der Waals surface area contributed by atoms with Gasteiger partial charge in [-0.2, -0.15) is 0 Å². The Morgan fingerprint density at radius 1 is 1.50 bits per heavy atom. The zero-order valence-electron chi connectivity index (χ0n) is 8.70. The monoisotopic (exact) mass is 220 g/mol. The molecule has 84 valence electrons. The molecule has 1 rings (SSSR count). The molecule has 1 fully saturated rings. The maximum Gasteiger partial charge on any atom is 0.211 e. The van der Waals surface area contributed by atoms with Crippen molar-refractivity contribution in [3.05, 3.63) is 0 Å². The lowest BCUT2D eigenvalue weighted by Crippen LogP contribution is -2.41. The van der Waals surface area contributed by atoms with E-state index in [9.17, 15) is 8.42 Å². The van der Waals surface area contributed by atoms with Crippen molar-refractivity contribution in [2.45, 2.75) is 38.6 Å². The zero-order valence-corrected chi connectivity index (χ0v) is 9.52. The lowest BCUT2D eigenvalue weighted by atomic mass is 9.81. The van der Waals surface area contributed by atoms with Crippen LogP contribution in [0.2, 0.25) is 0 Å². The van der Waals surface area contributed by atoms with Crippen LogP contribution in [0.4, 0.5) is 0 Å². The van der Waals surface area contributed by atoms with Crippen molar-refractivity contribution >= 4 is 10.0 Å². The van der Waals surface area contributed by atoms with Gasteiger partial charge in [-0.3, -0.25) is 0 Å². The minimum Gasteiger partial charge on any atom is -0.330 e. The summed E-state index contributed by atoms with van der Waals surface area (Å²) in [6.07, 6.45) is 4.08. The van der Waals surface area contributed by atoms with Gasteiger partial charge >= 0.3 is 0 Å². The van der Waals surface area contributed by atoms with E-state index < -0.39 is 10.0 Å². The molecule has 0 aliphatic heterocycles. The van der Waals surface area contributed by atoms with Gasteiger partial charge in [-0.1, -0.05) is 6.42 Å². The maximum absolute atomic E-state index is 11.5. The number of hydrogen-bond donors (Lipinski definition) is 2. The molecule has 14 heavy (non-hydrogen) atoms. The molecule has 1 atom stereocenters. The zero-order chi connectivity index (χ0) is 10.6.